The molecule has 0 unspecified atom stereocenters. The molecular formula is C9H23N3O5S. The number of hydrogen-bond acceptors (Lipinski definition) is 5. The Labute approximate surface area is 108 Å². The summed E-state index contributed by atoms with van der Waals surface area (Å²) in [6.45, 7) is 4.54. The van der Waals surface area contributed by atoms with Crippen LogP contribution in [-0.2, 0) is 15.2 Å². The van der Waals surface area contributed by atoms with Crippen LogP contribution in [0.5, 0.6) is 0 Å². The molecule has 0 saturated carbocycles. The molecule has 9 heteroatoms. The highest BCUT2D eigenvalue weighted by Crippen LogP contribution is 1.70. The standard InChI is InChI=1S/C6H12N2O.C3H9N.H2O4S/c1-2-6(9)8-5-3-4-7;1-4(2)3;1-5(2,3)4/h2H,1,3-5,7H2,(H,8,9);1-3H3;(H2,1,2,3,4). The molecule has 0 aliphatic rings. The van der Waals surface area contributed by atoms with Gasteiger partial charge < -0.3 is 16.0 Å². The quantitative estimate of drug-likeness (QED) is 0.301. The summed E-state index contributed by atoms with van der Waals surface area (Å²) in [4.78, 5) is 12.4. The van der Waals surface area contributed by atoms with E-state index in [2.05, 4.69) is 11.9 Å². The summed E-state index contributed by atoms with van der Waals surface area (Å²) < 4.78 is 31.6. The lowest BCUT2D eigenvalue weighted by molar-refractivity contribution is -0.116. The first-order chi connectivity index (χ1) is 8.04. The Balaban J connectivity index is -0.000000212. The van der Waals surface area contributed by atoms with Crippen molar-refractivity contribution in [3.05, 3.63) is 12.7 Å². The van der Waals surface area contributed by atoms with Gasteiger partial charge in [-0.1, -0.05) is 6.58 Å². The average molecular weight is 285 g/mol. The first-order valence-corrected chi connectivity index (χ1v) is 6.35. The van der Waals surface area contributed by atoms with Gasteiger partial charge in [-0.3, -0.25) is 13.9 Å². The van der Waals surface area contributed by atoms with Gasteiger partial charge in [0.25, 0.3) is 0 Å². The summed E-state index contributed by atoms with van der Waals surface area (Å²) in [6, 6.07) is 0. The van der Waals surface area contributed by atoms with Gasteiger partial charge in [0.2, 0.25) is 5.91 Å². The summed E-state index contributed by atoms with van der Waals surface area (Å²) >= 11 is 0. The fraction of sp³-hybridized carbons (Fsp3) is 0.667. The van der Waals surface area contributed by atoms with E-state index in [0.29, 0.717) is 13.1 Å². The molecule has 0 radical (unpaired) electrons. The predicted molar refractivity (Wildman–Crippen MR) is 70.7 cm³/mol. The Morgan fingerprint density at radius 3 is 1.94 bits per heavy atom. The first-order valence-electron chi connectivity index (χ1n) is 4.95. The number of rotatable bonds is 4. The van der Waals surface area contributed by atoms with Gasteiger partial charge in [0.1, 0.15) is 0 Å². The summed E-state index contributed by atoms with van der Waals surface area (Å²) in [5.74, 6) is -0.136. The zero-order valence-corrected chi connectivity index (χ0v) is 11.8. The van der Waals surface area contributed by atoms with E-state index >= 15 is 0 Å². The molecule has 5 N–H and O–H groups in total. The second-order valence-electron chi connectivity index (χ2n) is 3.43. The fourth-order valence-electron chi connectivity index (χ4n) is 0.386. The predicted octanol–water partition coefficient (Wildman–Crippen LogP) is -0.838. The van der Waals surface area contributed by atoms with Crippen LogP contribution < -0.4 is 11.1 Å². The summed E-state index contributed by atoms with van der Waals surface area (Å²) in [5.41, 5.74) is 5.18. The normalized spacial score (nSPS) is 9.50. The van der Waals surface area contributed by atoms with Gasteiger partial charge in [-0.15, -0.1) is 0 Å². The maximum Gasteiger partial charge on any atom is 0.394 e. The minimum absolute atomic E-state index is 0.136. The van der Waals surface area contributed by atoms with Gasteiger partial charge in [-0.25, -0.2) is 0 Å². The number of carbonyl (C=O) groups is 1. The van der Waals surface area contributed by atoms with Gasteiger partial charge in [-0.2, -0.15) is 8.42 Å². The molecule has 0 fully saturated rings. The molecule has 0 aromatic rings. The highest BCUT2D eigenvalue weighted by atomic mass is 32.3. The van der Waals surface area contributed by atoms with Gasteiger partial charge in [-0.05, 0) is 40.2 Å². The van der Waals surface area contributed by atoms with Crippen LogP contribution in [0.3, 0.4) is 0 Å². The van der Waals surface area contributed by atoms with Gasteiger partial charge in [0, 0.05) is 6.54 Å². The molecule has 0 aromatic carbocycles. The van der Waals surface area contributed by atoms with Crippen molar-refractivity contribution in [1.82, 2.24) is 10.2 Å². The molecule has 0 aromatic heterocycles. The van der Waals surface area contributed by atoms with Crippen molar-refractivity contribution in [3.63, 3.8) is 0 Å². The van der Waals surface area contributed by atoms with E-state index in [-0.39, 0.29) is 5.91 Å². The van der Waals surface area contributed by atoms with Crippen LogP contribution in [0.1, 0.15) is 6.42 Å². The molecule has 0 aliphatic heterocycles. The van der Waals surface area contributed by atoms with Gasteiger partial charge in [0.15, 0.2) is 0 Å². The topological polar surface area (TPSA) is 133 Å². The Hall–Kier alpha value is -1.00. The van der Waals surface area contributed by atoms with E-state index in [0.717, 1.165) is 6.42 Å². The highest BCUT2D eigenvalue weighted by Gasteiger charge is 1.89. The molecule has 0 saturated heterocycles. The molecule has 8 nitrogen and oxygen atoms in total. The molecule has 1 amide bonds. The highest BCUT2D eigenvalue weighted by molar-refractivity contribution is 7.79. The average Bonchev–Trinajstić information content (AvgIpc) is 2.14. The van der Waals surface area contributed by atoms with Crippen LogP contribution in [0.15, 0.2) is 12.7 Å². The van der Waals surface area contributed by atoms with Crippen molar-refractivity contribution in [3.8, 4) is 0 Å². The number of carbonyl (C=O) groups excluding carboxylic acids is 1. The lowest BCUT2D eigenvalue weighted by Gasteiger charge is -1.97. The lowest BCUT2D eigenvalue weighted by atomic mass is 10.4. The van der Waals surface area contributed by atoms with E-state index < -0.39 is 10.4 Å². The number of amides is 1. The van der Waals surface area contributed by atoms with E-state index in [1.54, 1.807) is 0 Å². The van der Waals surface area contributed by atoms with Crippen LogP contribution in [0.4, 0.5) is 0 Å². The summed E-state index contributed by atoms with van der Waals surface area (Å²) in [5, 5.41) is 2.60. The van der Waals surface area contributed by atoms with E-state index in [4.69, 9.17) is 23.3 Å². The number of nitrogens with two attached hydrogens (primary N) is 1. The van der Waals surface area contributed by atoms with Crippen molar-refractivity contribution in [2.45, 2.75) is 6.42 Å². The smallest absolute Gasteiger partial charge is 0.353 e. The van der Waals surface area contributed by atoms with Gasteiger partial charge in [0.05, 0.1) is 0 Å². The van der Waals surface area contributed by atoms with Crippen molar-refractivity contribution in [1.29, 1.82) is 0 Å². The zero-order chi connectivity index (χ0) is 15.2. The number of hydrogen-bond donors (Lipinski definition) is 4. The third kappa shape index (κ3) is 81.7. The Morgan fingerprint density at radius 1 is 1.39 bits per heavy atom. The minimum Gasteiger partial charge on any atom is -0.353 e. The lowest BCUT2D eigenvalue weighted by Crippen LogP contribution is -2.23. The van der Waals surface area contributed by atoms with Crippen LogP contribution >= 0.6 is 0 Å². The van der Waals surface area contributed by atoms with E-state index in [1.807, 2.05) is 26.0 Å². The summed E-state index contributed by atoms with van der Waals surface area (Å²) in [6.07, 6.45) is 2.07. The SMILES string of the molecule is C=CC(=O)NCCCN.CN(C)C.O=S(=O)(O)O. The van der Waals surface area contributed by atoms with Crippen molar-refractivity contribution >= 4 is 16.3 Å². The second kappa shape index (κ2) is 14.1. The van der Waals surface area contributed by atoms with Crippen molar-refractivity contribution in [2.75, 3.05) is 34.2 Å². The molecule has 18 heavy (non-hydrogen) atoms. The summed E-state index contributed by atoms with van der Waals surface area (Å²) in [7, 11) is 1.33. The van der Waals surface area contributed by atoms with Crippen molar-refractivity contribution in [2.24, 2.45) is 5.73 Å². The van der Waals surface area contributed by atoms with Gasteiger partial charge >= 0.3 is 10.4 Å². The molecule has 0 atom stereocenters. The maximum atomic E-state index is 10.4. The molecule has 110 valence electrons. The maximum absolute atomic E-state index is 10.4. The fourth-order valence-corrected chi connectivity index (χ4v) is 0.386. The molecule has 0 aliphatic carbocycles. The minimum atomic E-state index is -4.67. The molecule has 0 heterocycles. The first kappa shape index (κ1) is 22.2. The second-order valence-corrected chi connectivity index (χ2v) is 4.32. The van der Waals surface area contributed by atoms with Crippen LogP contribution in [0.2, 0.25) is 0 Å². The number of nitrogens with zero attached hydrogens (tertiary/aromatic N) is 1. The Bertz CT molecular complexity index is 293. The third-order valence-corrected chi connectivity index (χ3v) is 0.866. The Kier molecular flexibility index (Phi) is 17.3. The van der Waals surface area contributed by atoms with Crippen molar-refractivity contribution < 1.29 is 22.3 Å². The molecular weight excluding hydrogens is 262 g/mol. The van der Waals surface area contributed by atoms with E-state index in [1.165, 1.54) is 6.08 Å². The third-order valence-electron chi connectivity index (χ3n) is 0.866. The Morgan fingerprint density at radius 2 is 1.72 bits per heavy atom. The largest absolute Gasteiger partial charge is 0.394 e. The monoisotopic (exact) mass is 285 g/mol. The number of nitrogens with one attached hydrogen (secondary N) is 1. The van der Waals surface area contributed by atoms with E-state index in [9.17, 15) is 4.79 Å². The molecule has 0 spiro atoms. The molecule has 0 rings (SSSR count). The molecule has 0 bridgehead atoms. The van der Waals surface area contributed by atoms with Crippen LogP contribution in [0.25, 0.3) is 0 Å². The van der Waals surface area contributed by atoms with Crippen LogP contribution in [0, 0.1) is 0 Å². The van der Waals surface area contributed by atoms with Crippen LogP contribution in [-0.4, -0.2) is 62.6 Å². The zero-order valence-electron chi connectivity index (χ0n) is 11.0.